The van der Waals surface area contributed by atoms with Crippen LogP contribution in [0.2, 0.25) is 0 Å². The Hall–Kier alpha value is -7.83. The van der Waals surface area contributed by atoms with Crippen molar-refractivity contribution < 1.29 is 4.42 Å². The van der Waals surface area contributed by atoms with Gasteiger partial charge in [-0.25, -0.2) is 15.0 Å². The Labute approximate surface area is 326 Å². The standard InChI is InChI=1S/C51H31N5O/c1-4-16-32(17-5-1)49-52-50(33-18-6-2-7-19-33)54-51(53-49)39-29-31-43(48-45(39)38-24-12-15-27-44(38)57-48)56-40-25-13-10-22-35(40)36-28-30-42-46(47(36)56)37-23-11-14-26-41(37)55(42)34-20-8-3-9-21-34/h1-31H. The Bertz CT molecular complexity index is 3450. The average Bonchev–Trinajstić information content (AvgIpc) is 3.95. The van der Waals surface area contributed by atoms with Gasteiger partial charge in [0.15, 0.2) is 23.1 Å². The molecular weight excluding hydrogens is 699 g/mol. The summed E-state index contributed by atoms with van der Waals surface area (Å²) in [6.07, 6.45) is 0. The molecule has 0 saturated heterocycles. The molecule has 4 heterocycles. The van der Waals surface area contributed by atoms with E-state index in [1.165, 1.54) is 21.5 Å². The lowest BCUT2D eigenvalue weighted by atomic mass is 10.0. The first-order valence-electron chi connectivity index (χ1n) is 19.1. The van der Waals surface area contributed by atoms with Crippen molar-refractivity contribution in [3.63, 3.8) is 0 Å². The highest BCUT2D eigenvalue weighted by molar-refractivity contribution is 6.27. The van der Waals surface area contributed by atoms with E-state index in [-0.39, 0.29) is 0 Å². The molecule has 0 fully saturated rings. The smallest absolute Gasteiger partial charge is 0.164 e. The number of hydrogen-bond donors (Lipinski definition) is 0. The van der Waals surface area contributed by atoms with E-state index in [9.17, 15) is 0 Å². The third kappa shape index (κ3) is 4.74. The number of hydrogen-bond acceptors (Lipinski definition) is 4. The maximum Gasteiger partial charge on any atom is 0.164 e. The Morgan fingerprint density at radius 1 is 0.368 bits per heavy atom. The molecule has 57 heavy (non-hydrogen) atoms. The highest BCUT2D eigenvalue weighted by Crippen LogP contribution is 2.45. The number of fused-ring (bicyclic) bond motifs is 10. The van der Waals surface area contributed by atoms with Gasteiger partial charge in [0, 0.05) is 54.7 Å². The molecule has 4 aromatic heterocycles. The minimum atomic E-state index is 0.585. The van der Waals surface area contributed by atoms with Gasteiger partial charge >= 0.3 is 0 Å². The molecule has 0 aliphatic carbocycles. The topological polar surface area (TPSA) is 61.7 Å². The van der Waals surface area contributed by atoms with Crippen LogP contribution in [-0.4, -0.2) is 24.1 Å². The van der Waals surface area contributed by atoms with Gasteiger partial charge in [-0.05, 0) is 48.5 Å². The molecule has 0 atom stereocenters. The van der Waals surface area contributed by atoms with Crippen LogP contribution >= 0.6 is 0 Å². The lowest BCUT2D eigenvalue weighted by Crippen LogP contribution is -2.01. The first kappa shape index (κ1) is 31.5. The fraction of sp³-hybridized carbons (Fsp3) is 0. The summed E-state index contributed by atoms with van der Waals surface area (Å²) in [7, 11) is 0. The van der Waals surface area contributed by atoms with E-state index in [1.807, 2.05) is 72.8 Å². The third-order valence-electron chi connectivity index (χ3n) is 11.2. The normalized spacial score (nSPS) is 11.9. The van der Waals surface area contributed by atoms with Crippen LogP contribution in [0.25, 0.3) is 111 Å². The lowest BCUT2D eigenvalue weighted by molar-refractivity contribution is 0.666. The molecule has 6 nitrogen and oxygen atoms in total. The van der Waals surface area contributed by atoms with Gasteiger partial charge in [-0.15, -0.1) is 0 Å². The molecule has 12 aromatic rings. The highest BCUT2D eigenvalue weighted by atomic mass is 16.3. The van der Waals surface area contributed by atoms with Crippen molar-refractivity contribution in [2.75, 3.05) is 0 Å². The fourth-order valence-corrected chi connectivity index (χ4v) is 8.72. The van der Waals surface area contributed by atoms with Gasteiger partial charge in [0.05, 0.1) is 27.8 Å². The van der Waals surface area contributed by atoms with Crippen molar-refractivity contribution in [3.8, 4) is 45.5 Å². The second-order valence-corrected chi connectivity index (χ2v) is 14.4. The molecule has 0 saturated carbocycles. The summed E-state index contributed by atoms with van der Waals surface area (Å²) in [5, 5.41) is 6.69. The van der Waals surface area contributed by atoms with Crippen LogP contribution in [0, 0.1) is 0 Å². The van der Waals surface area contributed by atoms with Crippen molar-refractivity contribution in [2.24, 2.45) is 0 Å². The zero-order valence-electron chi connectivity index (χ0n) is 30.5. The summed E-state index contributed by atoms with van der Waals surface area (Å²) in [4.78, 5) is 15.3. The SMILES string of the molecule is c1ccc(-c2nc(-c3ccccc3)nc(-c3ccc(-n4c5ccccc5c5ccc6c(c7ccccc7n6-c6ccccc6)c54)c4oc5ccccc5c34)n2)cc1. The second kappa shape index (κ2) is 12.3. The maximum absolute atomic E-state index is 6.97. The van der Waals surface area contributed by atoms with E-state index in [1.54, 1.807) is 0 Å². The molecule has 0 amide bonds. The summed E-state index contributed by atoms with van der Waals surface area (Å²) >= 11 is 0. The van der Waals surface area contributed by atoms with E-state index in [0.717, 1.165) is 72.1 Å². The Morgan fingerprint density at radius 3 is 1.63 bits per heavy atom. The minimum Gasteiger partial charge on any atom is -0.454 e. The molecule has 12 rings (SSSR count). The van der Waals surface area contributed by atoms with Gasteiger partial charge in [-0.3, -0.25) is 0 Å². The molecule has 0 aliphatic rings. The monoisotopic (exact) mass is 729 g/mol. The number of aromatic nitrogens is 5. The number of rotatable bonds is 5. The predicted molar refractivity (Wildman–Crippen MR) is 232 cm³/mol. The van der Waals surface area contributed by atoms with E-state index in [4.69, 9.17) is 19.4 Å². The van der Waals surface area contributed by atoms with Gasteiger partial charge in [0.1, 0.15) is 5.58 Å². The van der Waals surface area contributed by atoms with Crippen molar-refractivity contribution in [2.45, 2.75) is 0 Å². The number of benzene rings is 8. The van der Waals surface area contributed by atoms with Crippen molar-refractivity contribution in [3.05, 3.63) is 188 Å². The van der Waals surface area contributed by atoms with Gasteiger partial charge in [0.25, 0.3) is 0 Å². The van der Waals surface area contributed by atoms with Crippen molar-refractivity contribution >= 4 is 65.6 Å². The molecule has 0 N–H and O–H groups in total. The fourth-order valence-electron chi connectivity index (χ4n) is 8.72. The van der Waals surface area contributed by atoms with E-state index < -0.39 is 0 Å². The molecule has 0 radical (unpaired) electrons. The van der Waals surface area contributed by atoms with Crippen molar-refractivity contribution in [1.82, 2.24) is 24.1 Å². The molecule has 0 spiro atoms. The molecular formula is C51H31N5O. The summed E-state index contributed by atoms with van der Waals surface area (Å²) in [5.74, 6) is 1.81. The molecule has 0 unspecified atom stereocenters. The van der Waals surface area contributed by atoms with E-state index in [2.05, 4.69) is 124 Å². The van der Waals surface area contributed by atoms with Gasteiger partial charge in [-0.2, -0.15) is 0 Å². The molecule has 266 valence electrons. The summed E-state index contributed by atoms with van der Waals surface area (Å²) in [5.41, 5.74) is 10.9. The average molecular weight is 730 g/mol. The minimum absolute atomic E-state index is 0.585. The van der Waals surface area contributed by atoms with Crippen LogP contribution in [0.1, 0.15) is 0 Å². The second-order valence-electron chi connectivity index (χ2n) is 14.4. The van der Waals surface area contributed by atoms with Crippen LogP contribution in [0.4, 0.5) is 0 Å². The van der Waals surface area contributed by atoms with Crippen LogP contribution in [-0.2, 0) is 0 Å². The predicted octanol–water partition coefficient (Wildman–Crippen LogP) is 13.0. The van der Waals surface area contributed by atoms with Crippen LogP contribution in [0.5, 0.6) is 0 Å². The van der Waals surface area contributed by atoms with E-state index >= 15 is 0 Å². The van der Waals surface area contributed by atoms with Gasteiger partial charge < -0.3 is 13.6 Å². The number of para-hydroxylation sites is 4. The molecule has 0 aliphatic heterocycles. The quantitative estimate of drug-likeness (QED) is 0.177. The first-order valence-corrected chi connectivity index (χ1v) is 19.1. The van der Waals surface area contributed by atoms with Crippen molar-refractivity contribution in [1.29, 1.82) is 0 Å². The Morgan fingerprint density at radius 2 is 0.930 bits per heavy atom. The van der Waals surface area contributed by atoms with Gasteiger partial charge in [0.2, 0.25) is 0 Å². The highest BCUT2D eigenvalue weighted by Gasteiger charge is 2.25. The number of nitrogens with zero attached hydrogens (tertiary/aromatic N) is 5. The lowest BCUT2D eigenvalue weighted by Gasteiger charge is -2.13. The van der Waals surface area contributed by atoms with E-state index in [0.29, 0.717) is 17.5 Å². The third-order valence-corrected chi connectivity index (χ3v) is 11.2. The number of furan rings is 1. The van der Waals surface area contributed by atoms with Crippen LogP contribution in [0.15, 0.2) is 192 Å². The summed E-state index contributed by atoms with van der Waals surface area (Å²) in [6.45, 7) is 0. The molecule has 8 aromatic carbocycles. The van der Waals surface area contributed by atoms with Gasteiger partial charge in [-0.1, -0.05) is 140 Å². The zero-order valence-corrected chi connectivity index (χ0v) is 30.5. The van der Waals surface area contributed by atoms with Crippen LogP contribution in [0.3, 0.4) is 0 Å². The zero-order chi connectivity index (χ0) is 37.5. The summed E-state index contributed by atoms with van der Waals surface area (Å²) in [6, 6.07) is 65.4. The maximum atomic E-state index is 6.97. The molecule has 0 bridgehead atoms. The Kier molecular flexibility index (Phi) is 6.83. The first-order chi connectivity index (χ1) is 28.3. The summed E-state index contributed by atoms with van der Waals surface area (Å²) < 4.78 is 11.8. The largest absolute Gasteiger partial charge is 0.454 e. The Balaban J connectivity index is 1.20. The molecule has 6 heteroatoms. The van der Waals surface area contributed by atoms with Crippen LogP contribution < -0.4 is 0 Å².